The molecule has 34 heavy (non-hydrogen) atoms. The van der Waals surface area contributed by atoms with Crippen LogP contribution in [0.2, 0.25) is 0 Å². The van der Waals surface area contributed by atoms with Crippen molar-refractivity contribution in [3.63, 3.8) is 0 Å². The molecule has 1 fully saturated rings. The molecule has 2 atom stereocenters. The van der Waals surface area contributed by atoms with Crippen molar-refractivity contribution in [2.24, 2.45) is 5.92 Å². The first-order valence-electron chi connectivity index (χ1n) is 10.7. The number of aromatic amines is 1. The van der Waals surface area contributed by atoms with E-state index in [0.29, 0.717) is 42.4 Å². The number of pyridine rings is 2. The molecule has 0 spiro atoms. The summed E-state index contributed by atoms with van der Waals surface area (Å²) in [6, 6.07) is 9.98. The van der Waals surface area contributed by atoms with Gasteiger partial charge in [-0.1, -0.05) is 12.6 Å². The molecule has 1 saturated heterocycles. The predicted molar refractivity (Wildman–Crippen MR) is 126 cm³/mol. The van der Waals surface area contributed by atoms with Crippen LogP contribution in [0.15, 0.2) is 61.4 Å². The maximum Gasteiger partial charge on any atom is 0.275 e. The van der Waals surface area contributed by atoms with Crippen LogP contribution in [0.3, 0.4) is 0 Å². The first-order chi connectivity index (χ1) is 16.5. The fourth-order valence-electron chi connectivity index (χ4n) is 3.59. The average molecular weight is 460 g/mol. The van der Waals surface area contributed by atoms with E-state index in [4.69, 9.17) is 0 Å². The Balaban J connectivity index is 1.33. The number of piperidine rings is 1. The quantitative estimate of drug-likeness (QED) is 0.333. The maximum atomic E-state index is 12.6. The van der Waals surface area contributed by atoms with Crippen LogP contribution < -0.4 is 21.3 Å². The van der Waals surface area contributed by atoms with Gasteiger partial charge in [0.05, 0.1) is 29.2 Å². The summed E-state index contributed by atoms with van der Waals surface area (Å²) in [5.74, 6) is -0.840. The SMILES string of the molecule is C=CC(=O)N[C@@H]1CNC[C@H](C(=O)Nc2ccc(NC(=O)c3cccc(-c4ccn[nH]4)n3)nc2)C1. The van der Waals surface area contributed by atoms with Gasteiger partial charge in [0.1, 0.15) is 11.5 Å². The molecule has 4 rings (SSSR count). The third-order valence-electron chi connectivity index (χ3n) is 5.28. The Labute approximate surface area is 195 Å². The summed E-state index contributed by atoms with van der Waals surface area (Å²) in [5.41, 5.74) is 2.03. The molecule has 3 amide bonds. The fourth-order valence-corrected chi connectivity index (χ4v) is 3.59. The molecule has 4 heterocycles. The summed E-state index contributed by atoms with van der Waals surface area (Å²) in [5, 5.41) is 18.2. The second kappa shape index (κ2) is 10.5. The average Bonchev–Trinajstić information content (AvgIpc) is 3.40. The number of amides is 3. The first-order valence-corrected chi connectivity index (χ1v) is 10.7. The zero-order valence-electron chi connectivity index (χ0n) is 18.2. The molecule has 11 nitrogen and oxygen atoms in total. The molecule has 11 heteroatoms. The number of nitrogens with one attached hydrogen (secondary N) is 5. The standard InChI is InChI=1S/C23H24N8O3/c1-2-21(32)27-16-10-14(11-24-12-16)22(33)28-15-6-7-20(25-13-15)30-23(34)19-5-3-4-17(29-19)18-8-9-26-31-18/h2-9,13-14,16,24H,1,10-12H2,(H,26,31)(H,27,32)(H,28,33)(H,25,30,34)/t14-,16+/m1/s1. The van der Waals surface area contributed by atoms with Crippen molar-refractivity contribution >= 4 is 29.2 Å². The minimum atomic E-state index is -0.411. The van der Waals surface area contributed by atoms with Crippen LogP contribution in [-0.4, -0.2) is 57.0 Å². The third kappa shape index (κ3) is 5.70. The summed E-state index contributed by atoms with van der Waals surface area (Å²) in [6.45, 7) is 4.55. The van der Waals surface area contributed by atoms with E-state index in [-0.39, 0.29) is 29.5 Å². The molecule has 174 valence electrons. The molecule has 0 aromatic carbocycles. The van der Waals surface area contributed by atoms with E-state index in [1.165, 1.54) is 12.3 Å². The summed E-state index contributed by atoms with van der Waals surface area (Å²) in [6.07, 6.45) is 4.81. The molecule has 1 aliphatic rings. The van der Waals surface area contributed by atoms with Crippen molar-refractivity contribution in [1.29, 1.82) is 0 Å². The van der Waals surface area contributed by atoms with Crippen molar-refractivity contribution in [3.05, 3.63) is 67.1 Å². The topological polar surface area (TPSA) is 154 Å². The lowest BCUT2D eigenvalue weighted by molar-refractivity contribution is -0.122. The second-order valence-corrected chi connectivity index (χ2v) is 7.75. The lowest BCUT2D eigenvalue weighted by atomic mass is 9.94. The van der Waals surface area contributed by atoms with Gasteiger partial charge < -0.3 is 21.3 Å². The lowest BCUT2D eigenvalue weighted by Gasteiger charge is -2.29. The number of nitrogens with zero attached hydrogens (tertiary/aromatic N) is 3. The van der Waals surface area contributed by atoms with Gasteiger partial charge in [-0.25, -0.2) is 9.97 Å². The van der Waals surface area contributed by atoms with E-state index in [0.717, 1.165) is 0 Å². The van der Waals surface area contributed by atoms with Crippen LogP contribution in [0.1, 0.15) is 16.9 Å². The van der Waals surface area contributed by atoms with Crippen LogP contribution in [0, 0.1) is 5.92 Å². The molecular weight excluding hydrogens is 436 g/mol. The Morgan fingerprint density at radius 1 is 1.09 bits per heavy atom. The lowest BCUT2D eigenvalue weighted by Crippen LogP contribution is -2.51. The Hall–Kier alpha value is -4.38. The number of H-pyrrole nitrogens is 1. The van der Waals surface area contributed by atoms with Gasteiger partial charge in [-0.05, 0) is 42.8 Å². The summed E-state index contributed by atoms with van der Waals surface area (Å²) in [7, 11) is 0. The molecule has 3 aromatic rings. The molecule has 0 saturated carbocycles. The van der Waals surface area contributed by atoms with E-state index >= 15 is 0 Å². The highest BCUT2D eigenvalue weighted by molar-refractivity contribution is 6.02. The normalized spacial score (nSPS) is 17.4. The van der Waals surface area contributed by atoms with Crippen molar-refractivity contribution in [2.75, 3.05) is 23.7 Å². The monoisotopic (exact) mass is 460 g/mol. The summed E-state index contributed by atoms with van der Waals surface area (Å²) >= 11 is 0. The molecule has 5 N–H and O–H groups in total. The van der Waals surface area contributed by atoms with Crippen LogP contribution in [0.25, 0.3) is 11.4 Å². The zero-order chi connectivity index (χ0) is 23.9. The number of hydrogen-bond donors (Lipinski definition) is 5. The molecule has 0 aliphatic carbocycles. The Morgan fingerprint density at radius 3 is 2.71 bits per heavy atom. The fraction of sp³-hybridized carbons (Fsp3) is 0.217. The van der Waals surface area contributed by atoms with Crippen molar-refractivity contribution in [2.45, 2.75) is 12.5 Å². The van der Waals surface area contributed by atoms with Crippen molar-refractivity contribution in [3.8, 4) is 11.4 Å². The number of carbonyl (C=O) groups excluding carboxylic acids is 3. The van der Waals surface area contributed by atoms with Crippen molar-refractivity contribution < 1.29 is 14.4 Å². The van der Waals surface area contributed by atoms with Crippen LogP contribution >= 0.6 is 0 Å². The van der Waals surface area contributed by atoms with E-state index in [1.54, 1.807) is 42.6 Å². The van der Waals surface area contributed by atoms with Gasteiger partial charge in [0, 0.05) is 25.3 Å². The highest BCUT2D eigenvalue weighted by Crippen LogP contribution is 2.17. The van der Waals surface area contributed by atoms with Gasteiger partial charge in [0.25, 0.3) is 5.91 Å². The largest absolute Gasteiger partial charge is 0.349 e. The molecule has 1 aliphatic heterocycles. The number of anilines is 2. The Bertz CT molecular complexity index is 1180. The Morgan fingerprint density at radius 2 is 1.97 bits per heavy atom. The number of hydrogen-bond acceptors (Lipinski definition) is 7. The highest BCUT2D eigenvalue weighted by Gasteiger charge is 2.27. The summed E-state index contributed by atoms with van der Waals surface area (Å²) < 4.78 is 0. The van der Waals surface area contributed by atoms with E-state index in [2.05, 4.69) is 48.0 Å². The number of rotatable bonds is 7. The molecule has 3 aromatic heterocycles. The first kappa shape index (κ1) is 22.8. The third-order valence-corrected chi connectivity index (χ3v) is 5.28. The van der Waals surface area contributed by atoms with Crippen LogP contribution in [0.5, 0.6) is 0 Å². The predicted octanol–water partition coefficient (Wildman–Crippen LogP) is 1.34. The smallest absolute Gasteiger partial charge is 0.275 e. The van der Waals surface area contributed by atoms with Gasteiger partial charge in [0.2, 0.25) is 11.8 Å². The van der Waals surface area contributed by atoms with Gasteiger partial charge in [-0.15, -0.1) is 0 Å². The molecule has 0 bridgehead atoms. The molecule has 0 radical (unpaired) electrons. The highest BCUT2D eigenvalue weighted by atomic mass is 16.2. The van der Waals surface area contributed by atoms with Gasteiger partial charge in [-0.3, -0.25) is 19.5 Å². The second-order valence-electron chi connectivity index (χ2n) is 7.75. The summed E-state index contributed by atoms with van der Waals surface area (Å²) in [4.78, 5) is 45.3. The maximum absolute atomic E-state index is 12.6. The van der Waals surface area contributed by atoms with Gasteiger partial charge >= 0.3 is 0 Å². The van der Waals surface area contributed by atoms with E-state index < -0.39 is 5.91 Å². The molecule has 0 unspecified atom stereocenters. The minimum absolute atomic E-state index is 0.147. The van der Waals surface area contributed by atoms with Gasteiger partial charge in [0.15, 0.2) is 0 Å². The minimum Gasteiger partial charge on any atom is -0.349 e. The van der Waals surface area contributed by atoms with Crippen LogP contribution in [-0.2, 0) is 9.59 Å². The number of aromatic nitrogens is 4. The molecular formula is C23H24N8O3. The van der Waals surface area contributed by atoms with E-state index in [9.17, 15) is 14.4 Å². The Kier molecular flexibility index (Phi) is 7.04. The van der Waals surface area contributed by atoms with Gasteiger partial charge in [-0.2, -0.15) is 5.10 Å². The zero-order valence-corrected chi connectivity index (χ0v) is 18.2. The van der Waals surface area contributed by atoms with Crippen molar-refractivity contribution in [1.82, 2.24) is 30.8 Å². The van der Waals surface area contributed by atoms with E-state index in [1.807, 2.05) is 0 Å². The number of carbonyl (C=O) groups is 3. The van der Waals surface area contributed by atoms with Crippen LogP contribution in [0.4, 0.5) is 11.5 Å².